The van der Waals surface area contributed by atoms with Crippen LogP contribution in [0.5, 0.6) is 0 Å². The molecule has 3 aromatic rings. The second-order valence-corrected chi connectivity index (χ2v) is 6.98. The summed E-state index contributed by atoms with van der Waals surface area (Å²) in [4.78, 5) is 21.3. The Hall–Kier alpha value is -2.70. The van der Waals surface area contributed by atoms with Crippen molar-refractivity contribution in [1.29, 1.82) is 0 Å². The van der Waals surface area contributed by atoms with Crippen molar-refractivity contribution in [3.8, 4) is 0 Å². The lowest BCUT2D eigenvalue weighted by Gasteiger charge is -2.12. The first-order chi connectivity index (χ1) is 11.9. The molecule has 7 nitrogen and oxygen atoms in total. The van der Waals surface area contributed by atoms with Crippen LogP contribution in [0.4, 0.5) is 0 Å². The van der Waals surface area contributed by atoms with E-state index in [1.807, 2.05) is 24.5 Å². The quantitative estimate of drug-likeness (QED) is 0.721. The van der Waals surface area contributed by atoms with E-state index in [-0.39, 0.29) is 11.9 Å². The summed E-state index contributed by atoms with van der Waals surface area (Å²) >= 11 is 0. The second-order valence-electron chi connectivity index (χ2n) is 6.98. The van der Waals surface area contributed by atoms with Gasteiger partial charge in [0.1, 0.15) is 5.52 Å². The second kappa shape index (κ2) is 7.04. The Bertz CT molecular complexity index is 879. The standard InChI is InChI=1S/C18H24N6O/c1-11(2)9-24-10-20-16-7-14(8-19-17(16)24)18(25)21-12(3)5-15-6-13(4)22-23-15/h6-8,10-12H,5,9H2,1-4H3,(H,21,25)(H,22,23). The van der Waals surface area contributed by atoms with Crippen LogP contribution in [-0.4, -0.2) is 36.7 Å². The van der Waals surface area contributed by atoms with Gasteiger partial charge in [-0.25, -0.2) is 9.97 Å². The van der Waals surface area contributed by atoms with Crippen molar-refractivity contribution in [3.63, 3.8) is 0 Å². The molecule has 0 aliphatic rings. The van der Waals surface area contributed by atoms with Crippen molar-refractivity contribution >= 4 is 17.1 Å². The number of H-pyrrole nitrogens is 1. The maximum absolute atomic E-state index is 12.5. The summed E-state index contributed by atoms with van der Waals surface area (Å²) in [5.41, 5.74) is 4.02. The van der Waals surface area contributed by atoms with Gasteiger partial charge in [-0.05, 0) is 31.9 Å². The van der Waals surface area contributed by atoms with Gasteiger partial charge in [-0.2, -0.15) is 5.10 Å². The number of carbonyl (C=O) groups is 1. The Balaban J connectivity index is 1.69. The molecule has 1 amide bonds. The molecule has 1 atom stereocenters. The Labute approximate surface area is 146 Å². The smallest absolute Gasteiger partial charge is 0.253 e. The zero-order valence-electron chi connectivity index (χ0n) is 15.1. The molecule has 0 spiro atoms. The highest BCUT2D eigenvalue weighted by atomic mass is 16.1. The molecule has 0 saturated heterocycles. The van der Waals surface area contributed by atoms with E-state index in [4.69, 9.17) is 0 Å². The molecule has 0 aliphatic carbocycles. The number of amides is 1. The number of hydrogen-bond acceptors (Lipinski definition) is 4. The van der Waals surface area contributed by atoms with Crippen LogP contribution >= 0.6 is 0 Å². The summed E-state index contributed by atoms with van der Waals surface area (Å²) in [5.74, 6) is 0.362. The van der Waals surface area contributed by atoms with Gasteiger partial charge in [0, 0.05) is 30.9 Å². The molecule has 2 N–H and O–H groups in total. The molecule has 132 valence electrons. The monoisotopic (exact) mass is 340 g/mol. The summed E-state index contributed by atoms with van der Waals surface area (Å²) in [6.07, 6.45) is 4.07. The van der Waals surface area contributed by atoms with Crippen LogP contribution in [0.25, 0.3) is 11.2 Å². The zero-order chi connectivity index (χ0) is 18.0. The van der Waals surface area contributed by atoms with Crippen molar-refractivity contribution in [2.24, 2.45) is 5.92 Å². The molecule has 0 aliphatic heterocycles. The first-order valence-corrected chi connectivity index (χ1v) is 8.55. The zero-order valence-corrected chi connectivity index (χ0v) is 15.1. The minimum atomic E-state index is -0.146. The molecule has 7 heteroatoms. The van der Waals surface area contributed by atoms with Crippen LogP contribution in [0.3, 0.4) is 0 Å². The van der Waals surface area contributed by atoms with Crippen LogP contribution in [0.2, 0.25) is 0 Å². The predicted octanol–water partition coefficient (Wildman–Crippen LogP) is 2.48. The predicted molar refractivity (Wildman–Crippen MR) is 96.3 cm³/mol. The highest BCUT2D eigenvalue weighted by molar-refractivity contribution is 5.96. The number of aryl methyl sites for hydroxylation is 1. The van der Waals surface area contributed by atoms with E-state index in [1.165, 1.54) is 0 Å². The van der Waals surface area contributed by atoms with Crippen LogP contribution < -0.4 is 5.32 Å². The molecular formula is C18H24N6O. The first kappa shape index (κ1) is 17.1. The van der Waals surface area contributed by atoms with Crippen LogP contribution in [0, 0.1) is 12.8 Å². The van der Waals surface area contributed by atoms with Crippen molar-refractivity contribution in [2.75, 3.05) is 0 Å². The molecule has 1 unspecified atom stereocenters. The summed E-state index contributed by atoms with van der Waals surface area (Å²) < 4.78 is 2.02. The Morgan fingerprint density at radius 2 is 2.08 bits per heavy atom. The Kier molecular flexibility index (Phi) is 4.83. The molecule has 3 rings (SSSR count). The van der Waals surface area contributed by atoms with Gasteiger partial charge in [0.15, 0.2) is 5.65 Å². The average Bonchev–Trinajstić information content (AvgIpc) is 3.12. The number of pyridine rings is 1. The lowest BCUT2D eigenvalue weighted by molar-refractivity contribution is 0.0939. The van der Waals surface area contributed by atoms with Crippen LogP contribution in [0.15, 0.2) is 24.7 Å². The number of imidazole rings is 1. The van der Waals surface area contributed by atoms with Gasteiger partial charge in [-0.3, -0.25) is 9.89 Å². The van der Waals surface area contributed by atoms with Crippen LogP contribution in [0.1, 0.15) is 42.5 Å². The number of hydrogen-bond donors (Lipinski definition) is 2. The Morgan fingerprint density at radius 1 is 1.28 bits per heavy atom. The molecule has 0 bridgehead atoms. The number of nitrogens with one attached hydrogen (secondary N) is 2. The summed E-state index contributed by atoms with van der Waals surface area (Å²) in [6.45, 7) is 9.07. The third kappa shape index (κ3) is 4.04. The number of aromatic amines is 1. The van der Waals surface area contributed by atoms with Gasteiger partial charge in [-0.15, -0.1) is 0 Å². The summed E-state index contributed by atoms with van der Waals surface area (Å²) in [6, 6.07) is 3.75. The fourth-order valence-electron chi connectivity index (χ4n) is 2.85. The van der Waals surface area contributed by atoms with E-state index in [0.717, 1.165) is 29.1 Å². The van der Waals surface area contributed by atoms with E-state index < -0.39 is 0 Å². The molecule has 0 fully saturated rings. The van der Waals surface area contributed by atoms with E-state index in [9.17, 15) is 4.79 Å². The average molecular weight is 340 g/mol. The highest BCUT2D eigenvalue weighted by Crippen LogP contribution is 2.14. The maximum Gasteiger partial charge on any atom is 0.253 e. The fraction of sp³-hybridized carbons (Fsp3) is 0.444. The number of carbonyl (C=O) groups excluding carboxylic acids is 1. The topological polar surface area (TPSA) is 88.5 Å². The summed E-state index contributed by atoms with van der Waals surface area (Å²) in [5, 5.41) is 10.1. The van der Waals surface area contributed by atoms with Crippen molar-refractivity contribution < 1.29 is 4.79 Å². The minimum absolute atomic E-state index is 0.0237. The van der Waals surface area contributed by atoms with E-state index >= 15 is 0 Å². The molecular weight excluding hydrogens is 316 g/mol. The lowest BCUT2D eigenvalue weighted by Crippen LogP contribution is -2.34. The van der Waals surface area contributed by atoms with Gasteiger partial charge in [-0.1, -0.05) is 13.8 Å². The maximum atomic E-state index is 12.5. The van der Waals surface area contributed by atoms with E-state index in [0.29, 0.717) is 17.9 Å². The number of nitrogens with zero attached hydrogens (tertiary/aromatic N) is 4. The molecule has 0 radical (unpaired) electrons. The van der Waals surface area contributed by atoms with Crippen molar-refractivity contribution in [1.82, 2.24) is 30.0 Å². The largest absolute Gasteiger partial charge is 0.349 e. The van der Waals surface area contributed by atoms with Gasteiger partial charge in [0.2, 0.25) is 0 Å². The first-order valence-electron chi connectivity index (χ1n) is 8.55. The van der Waals surface area contributed by atoms with Gasteiger partial charge < -0.3 is 9.88 Å². The van der Waals surface area contributed by atoms with Crippen molar-refractivity contribution in [3.05, 3.63) is 41.6 Å². The highest BCUT2D eigenvalue weighted by Gasteiger charge is 2.14. The number of aromatic nitrogens is 5. The summed E-state index contributed by atoms with van der Waals surface area (Å²) in [7, 11) is 0. The number of fused-ring (bicyclic) bond motifs is 1. The SMILES string of the molecule is Cc1cc(CC(C)NC(=O)c2cnc3c(c2)ncn3CC(C)C)n[nH]1. The molecule has 0 aromatic carbocycles. The third-order valence-electron chi connectivity index (χ3n) is 3.93. The lowest BCUT2D eigenvalue weighted by atomic mass is 10.1. The fourth-order valence-corrected chi connectivity index (χ4v) is 2.85. The minimum Gasteiger partial charge on any atom is -0.349 e. The van der Waals surface area contributed by atoms with Gasteiger partial charge >= 0.3 is 0 Å². The molecule has 3 aromatic heterocycles. The Morgan fingerprint density at radius 3 is 2.76 bits per heavy atom. The molecule has 25 heavy (non-hydrogen) atoms. The van der Waals surface area contributed by atoms with Gasteiger partial charge in [0.05, 0.1) is 17.6 Å². The van der Waals surface area contributed by atoms with Gasteiger partial charge in [0.25, 0.3) is 5.91 Å². The van der Waals surface area contributed by atoms with E-state index in [1.54, 1.807) is 18.6 Å². The normalized spacial score (nSPS) is 12.7. The van der Waals surface area contributed by atoms with Crippen LogP contribution in [-0.2, 0) is 13.0 Å². The van der Waals surface area contributed by atoms with E-state index in [2.05, 4.69) is 39.3 Å². The van der Waals surface area contributed by atoms with Crippen molar-refractivity contribution in [2.45, 2.75) is 46.7 Å². The molecule has 3 heterocycles. The number of rotatable bonds is 6. The molecule has 0 saturated carbocycles. The third-order valence-corrected chi connectivity index (χ3v) is 3.93.